The second kappa shape index (κ2) is 24.2. The van der Waals surface area contributed by atoms with Crippen LogP contribution in [0.2, 0.25) is 0 Å². The molecule has 20 heteroatoms. The molecule has 0 aromatic heterocycles. The van der Waals surface area contributed by atoms with E-state index in [9.17, 15) is 19.2 Å². The van der Waals surface area contributed by atoms with Crippen LogP contribution in [0.25, 0.3) is 0 Å². The van der Waals surface area contributed by atoms with Gasteiger partial charge in [0.1, 0.15) is 3.41 Å². The van der Waals surface area contributed by atoms with E-state index in [1.807, 2.05) is 13.8 Å². The molecule has 0 heterocycles. The average Bonchev–Trinajstić information content (AvgIpc) is 2.87. The summed E-state index contributed by atoms with van der Waals surface area (Å²) in [4.78, 5) is 49.4. The van der Waals surface area contributed by atoms with Crippen LogP contribution in [0.3, 0.4) is 0 Å². The first-order valence-corrected chi connectivity index (χ1v) is 22.0. The van der Waals surface area contributed by atoms with E-state index < -0.39 is 8.83 Å². The Morgan fingerprint density at radius 3 is 1.14 bits per heavy atom. The van der Waals surface area contributed by atoms with Gasteiger partial charge >= 0.3 is 0 Å². The fourth-order valence-corrected chi connectivity index (χ4v) is 18.2. The van der Waals surface area contributed by atoms with Gasteiger partial charge in [0.2, 0.25) is 0 Å². The normalized spacial score (nSPS) is 12.1. The van der Waals surface area contributed by atoms with Crippen molar-refractivity contribution in [1.29, 1.82) is 0 Å². The van der Waals surface area contributed by atoms with Gasteiger partial charge < -0.3 is 16.7 Å². The molecule has 0 aromatic carbocycles. The summed E-state index contributed by atoms with van der Waals surface area (Å²) in [6.45, 7) is 12.6. The average molecular weight is 745 g/mol. The molecule has 0 spiro atoms. The lowest BCUT2D eigenvalue weighted by Crippen LogP contribution is -2.36. The Bertz CT molecular complexity index is 639. The van der Waals surface area contributed by atoms with E-state index in [2.05, 4.69) is 0 Å². The number of carbonyl (C=O) groups is 4. The van der Waals surface area contributed by atoms with Crippen molar-refractivity contribution in [3.05, 3.63) is 0 Å². The maximum atomic E-state index is 12.4. The Morgan fingerprint density at radius 2 is 0.838 bits per heavy atom. The van der Waals surface area contributed by atoms with Crippen LogP contribution in [-0.2, 0) is 16.7 Å². The molecule has 0 fully saturated rings. The summed E-state index contributed by atoms with van der Waals surface area (Å²) in [6, 6.07) is 0. The second-order valence-electron chi connectivity index (χ2n) is 6.25. The van der Waals surface area contributed by atoms with Crippen molar-refractivity contribution < 1.29 is 35.9 Å². The minimum absolute atomic E-state index is 0.186. The van der Waals surface area contributed by atoms with Gasteiger partial charge in [-0.2, -0.15) is 0 Å². The third-order valence-electron chi connectivity index (χ3n) is 3.01. The predicted octanol–water partition coefficient (Wildman–Crippen LogP) is 11.4. The minimum atomic E-state index is -0.899. The fourth-order valence-electron chi connectivity index (χ4n) is 1.44. The molecule has 0 unspecified atom stereocenters. The molecule has 0 aliphatic rings. The van der Waals surface area contributed by atoms with Crippen molar-refractivity contribution in [2.24, 2.45) is 5.41 Å². The molecule has 8 nitrogen and oxygen atoms in total. The van der Waals surface area contributed by atoms with Crippen LogP contribution in [0.5, 0.6) is 0 Å². The third kappa shape index (κ3) is 18.8. The largest absolute Gasteiger partial charge is 0.308 e. The number of carbonyl (C=O) groups excluding carboxylic acids is 4. The van der Waals surface area contributed by atoms with Gasteiger partial charge in [-0.3, -0.25) is 19.2 Å². The molecule has 37 heavy (non-hydrogen) atoms. The maximum Gasteiger partial charge on any atom is 0.283 e. The first-order chi connectivity index (χ1) is 17.6. The Morgan fingerprint density at radius 1 is 0.541 bits per heavy atom. The van der Waals surface area contributed by atoms with Crippen molar-refractivity contribution in [2.75, 3.05) is 32.2 Å². The highest BCUT2D eigenvalue weighted by atomic mass is 33.2. The van der Waals surface area contributed by atoms with Crippen LogP contribution < -0.4 is 0 Å². The lowest BCUT2D eigenvalue weighted by atomic mass is 9.99. The molecule has 0 aliphatic carbocycles. The van der Waals surface area contributed by atoms with Crippen LogP contribution in [0, 0.1) is 5.41 Å². The van der Waals surface area contributed by atoms with E-state index in [1.54, 1.807) is 27.7 Å². The molecule has 0 aliphatic heterocycles. The van der Waals surface area contributed by atoms with E-state index in [0.29, 0.717) is 32.2 Å². The molecule has 0 saturated heterocycles. The highest BCUT2D eigenvalue weighted by Crippen LogP contribution is 2.69. The summed E-state index contributed by atoms with van der Waals surface area (Å²) in [7, 11) is 9.09. The summed E-state index contributed by atoms with van der Waals surface area (Å²) in [5.74, 6) is 0.469. The van der Waals surface area contributed by atoms with E-state index in [1.165, 1.54) is 43.2 Å². The van der Waals surface area contributed by atoms with Crippen molar-refractivity contribution in [3.8, 4) is 0 Å². The monoisotopic (exact) mass is 744 g/mol. The zero-order valence-corrected chi connectivity index (χ0v) is 30.5. The topological polar surface area (TPSA) is 105 Å². The first kappa shape index (κ1) is 39.7. The van der Waals surface area contributed by atoms with Crippen molar-refractivity contribution in [3.63, 3.8) is 0 Å². The predicted molar refractivity (Wildman–Crippen MR) is 181 cm³/mol. The molecular weight excluding hydrogens is 717 g/mol. The Kier molecular flexibility index (Phi) is 26.0. The van der Waals surface area contributed by atoms with Crippen LogP contribution in [0.15, 0.2) is 0 Å². The smallest absolute Gasteiger partial charge is 0.283 e. The summed E-state index contributed by atoms with van der Waals surface area (Å²) >= 11 is 3.03. The van der Waals surface area contributed by atoms with Crippen LogP contribution in [0.4, 0.5) is 19.2 Å². The SMILES string of the molecule is CCOSC(=O)SSCC(C)(C)C(SSC(=O)SOCC)(SSC(=O)SOCC)SSC(=O)SOCC. The van der Waals surface area contributed by atoms with E-state index in [4.69, 9.17) is 16.7 Å². The Balaban J connectivity index is 5.81. The van der Waals surface area contributed by atoms with Gasteiger partial charge in [-0.1, -0.05) is 57.0 Å². The van der Waals surface area contributed by atoms with Gasteiger partial charge in [0.25, 0.3) is 17.8 Å². The van der Waals surface area contributed by atoms with Gasteiger partial charge in [0.05, 0.1) is 74.6 Å². The van der Waals surface area contributed by atoms with Crippen LogP contribution >= 0.6 is 135 Å². The number of hydrogen-bond acceptors (Lipinski definition) is 20. The van der Waals surface area contributed by atoms with Crippen molar-refractivity contribution in [1.82, 2.24) is 0 Å². The molecule has 0 saturated carbocycles. The van der Waals surface area contributed by atoms with Gasteiger partial charge in [0.15, 0.2) is 0 Å². The number of hydrogen-bond donors (Lipinski definition) is 0. The van der Waals surface area contributed by atoms with E-state index in [-0.39, 0.29) is 17.8 Å². The van der Waals surface area contributed by atoms with Crippen LogP contribution in [0.1, 0.15) is 41.5 Å². The molecule has 0 radical (unpaired) electrons. The molecule has 0 rings (SSSR count). The maximum absolute atomic E-state index is 12.4. The number of rotatable bonds is 18. The van der Waals surface area contributed by atoms with Gasteiger partial charge in [0, 0.05) is 11.2 Å². The van der Waals surface area contributed by atoms with Crippen molar-refractivity contribution in [2.45, 2.75) is 45.0 Å². The van der Waals surface area contributed by atoms with E-state index >= 15 is 0 Å². The molecule has 0 bridgehead atoms. The summed E-state index contributed by atoms with van der Waals surface area (Å²) in [5, 5.41) is 0. The lowest BCUT2D eigenvalue weighted by molar-refractivity contribution is 0.274. The van der Waals surface area contributed by atoms with Crippen LogP contribution in [-0.4, -0.2) is 53.4 Å². The van der Waals surface area contributed by atoms with E-state index in [0.717, 1.165) is 91.3 Å². The molecule has 216 valence electrons. The summed E-state index contributed by atoms with van der Waals surface area (Å²) in [5.41, 5.74) is -0.599. The molecule has 0 N–H and O–H groups in total. The molecule has 0 atom stereocenters. The highest BCUT2D eigenvalue weighted by Gasteiger charge is 2.50. The zero-order valence-electron chi connectivity index (χ0n) is 20.7. The first-order valence-electron chi connectivity index (χ1n) is 10.3. The Hall–Kier alpha value is 2.72. The summed E-state index contributed by atoms with van der Waals surface area (Å²) in [6.07, 6.45) is 0. The highest BCUT2D eigenvalue weighted by molar-refractivity contribution is 9.01. The van der Waals surface area contributed by atoms with Crippen molar-refractivity contribution >= 4 is 152 Å². The lowest BCUT2D eigenvalue weighted by Gasteiger charge is -2.42. The molecule has 0 aromatic rings. The minimum Gasteiger partial charge on any atom is -0.308 e. The second-order valence-corrected chi connectivity index (χ2v) is 20.4. The molecular formula is C17H28O8S12. The third-order valence-corrected chi connectivity index (χ3v) is 21.0. The Labute approximate surface area is 268 Å². The zero-order chi connectivity index (χ0) is 28.2. The fraction of sp³-hybridized carbons (Fsp3) is 0.765. The van der Waals surface area contributed by atoms with Gasteiger partial charge in [-0.05, 0) is 70.9 Å². The van der Waals surface area contributed by atoms with Gasteiger partial charge in [-0.15, -0.1) is 0 Å². The molecule has 0 amide bonds. The standard InChI is InChI=1S/C17H28O8S12/c1-7-22-27-12(18)31-26-11-16(5,6)17(35-32-13(19)28-23-8-2,36-33-14(20)29-24-9-3)37-34-15(21)30-25-10-4/h7-11H2,1-6H3. The van der Waals surface area contributed by atoms with Gasteiger partial charge in [-0.25, -0.2) is 0 Å². The summed E-state index contributed by atoms with van der Waals surface area (Å²) < 4.78 is 18.7. The quantitative estimate of drug-likeness (QED) is 0.0754.